The van der Waals surface area contributed by atoms with Crippen molar-refractivity contribution in [2.75, 3.05) is 25.1 Å². The third kappa shape index (κ3) is 2.27. The van der Waals surface area contributed by atoms with Crippen molar-refractivity contribution in [3.05, 3.63) is 16.1 Å². The van der Waals surface area contributed by atoms with Gasteiger partial charge in [-0.1, -0.05) is 0 Å². The molecule has 1 aliphatic heterocycles. The summed E-state index contributed by atoms with van der Waals surface area (Å²) in [4.78, 5) is 8.09. The topological polar surface area (TPSA) is 42.2 Å². The predicted octanol–water partition coefficient (Wildman–Crippen LogP) is 1.72. The van der Waals surface area contributed by atoms with Crippen molar-refractivity contribution >= 4 is 23.1 Å². The van der Waals surface area contributed by atoms with E-state index < -0.39 is 0 Å². The molecule has 0 saturated carbocycles. The van der Waals surface area contributed by atoms with E-state index in [1.165, 1.54) is 17.1 Å². The Labute approximate surface area is 105 Å². The van der Waals surface area contributed by atoms with Crippen molar-refractivity contribution in [2.45, 2.75) is 25.4 Å². The van der Waals surface area contributed by atoms with Crippen LogP contribution in [0.2, 0.25) is 0 Å². The standard InChI is InChI=1S/C11H19N3S2/c1-9-10(16-8-13-9)5-14(2)11(6-12)3-4-15-7-11/h8H,3-7,12H2,1-2H3. The molecule has 1 saturated heterocycles. The van der Waals surface area contributed by atoms with Gasteiger partial charge >= 0.3 is 0 Å². The van der Waals surface area contributed by atoms with Crippen molar-refractivity contribution in [1.82, 2.24) is 9.88 Å². The van der Waals surface area contributed by atoms with Crippen LogP contribution in [0.5, 0.6) is 0 Å². The lowest BCUT2D eigenvalue weighted by Crippen LogP contribution is -2.51. The molecule has 2 N–H and O–H groups in total. The summed E-state index contributed by atoms with van der Waals surface area (Å²) < 4.78 is 0. The van der Waals surface area contributed by atoms with E-state index in [2.05, 4.69) is 23.9 Å². The lowest BCUT2D eigenvalue weighted by molar-refractivity contribution is 0.144. The summed E-state index contributed by atoms with van der Waals surface area (Å²) in [6.07, 6.45) is 1.21. The summed E-state index contributed by atoms with van der Waals surface area (Å²) in [5, 5.41) is 0. The third-order valence-corrected chi connectivity index (χ3v) is 5.65. The molecule has 0 amide bonds. The fraction of sp³-hybridized carbons (Fsp3) is 0.727. The van der Waals surface area contributed by atoms with E-state index in [1.807, 2.05) is 17.3 Å². The second-order valence-electron chi connectivity index (χ2n) is 4.45. The van der Waals surface area contributed by atoms with Crippen LogP contribution in [0.15, 0.2) is 5.51 Å². The molecule has 0 aliphatic carbocycles. The van der Waals surface area contributed by atoms with Crippen molar-refractivity contribution in [1.29, 1.82) is 0 Å². The number of hydrogen-bond donors (Lipinski definition) is 1. The van der Waals surface area contributed by atoms with E-state index in [-0.39, 0.29) is 5.54 Å². The first-order valence-electron chi connectivity index (χ1n) is 5.56. The highest BCUT2D eigenvalue weighted by Crippen LogP contribution is 2.33. The molecule has 0 spiro atoms. The number of nitrogens with two attached hydrogens (primary N) is 1. The average Bonchev–Trinajstić information content (AvgIpc) is 2.89. The van der Waals surface area contributed by atoms with E-state index >= 15 is 0 Å². The zero-order valence-electron chi connectivity index (χ0n) is 9.90. The molecule has 2 rings (SSSR count). The first-order valence-corrected chi connectivity index (χ1v) is 7.59. The average molecular weight is 257 g/mol. The quantitative estimate of drug-likeness (QED) is 0.892. The summed E-state index contributed by atoms with van der Waals surface area (Å²) >= 11 is 3.76. The van der Waals surface area contributed by atoms with Crippen LogP contribution >= 0.6 is 23.1 Å². The van der Waals surface area contributed by atoms with Gasteiger partial charge in [-0.05, 0) is 26.1 Å². The molecule has 0 aromatic carbocycles. The van der Waals surface area contributed by atoms with Crippen LogP contribution in [0.1, 0.15) is 17.0 Å². The van der Waals surface area contributed by atoms with Gasteiger partial charge in [-0.2, -0.15) is 11.8 Å². The van der Waals surface area contributed by atoms with E-state index in [1.54, 1.807) is 11.3 Å². The maximum absolute atomic E-state index is 5.97. The van der Waals surface area contributed by atoms with Crippen molar-refractivity contribution in [3.63, 3.8) is 0 Å². The second kappa shape index (κ2) is 5.04. The Kier molecular flexibility index (Phi) is 3.89. The van der Waals surface area contributed by atoms with Gasteiger partial charge in [0.25, 0.3) is 0 Å². The molecule has 1 unspecified atom stereocenters. The van der Waals surface area contributed by atoms with Crippen LogP contribution in [0.3, 0.4) is 0 Å². The molecular weight excluding hydrogens is 238 g/mol. The van der Waals surface area contributed by atoms with E-state index in [0.717, 1.165) is 24.5 Å². The number of likely N-dealkylation sites (N-methyl/N-ethyl adjacent to an activating group) is 1. The summed E-state index contributed by atoms with van der Waals surface area (Å²) in [6.45, 7) is 3.82. The van der Waals surface area contributed by atoms with Crippen LogP contribution in [-0.2, 0) is 6.54 Å². The first-order chi connectivity index (χ1) is 7.68. The molecular formula is C11H19N3S2. The lowest BCUT2D eigenvalue weighted by atomic mass is 9.97. The monoisotopic (exact) mass is 257 g/mol. The van der Waals surface area contributed by atoms with Gasteiger partial charge in [0, 0.05) is 29.3 Å². The molecule has 1 aliphatic rings. The van der Waals surface area contributed by atoms with Crippen molar-refractivity contribution < 1.29 is 0 Å². The normalized spacial score (nSPS) is 25.5. The Morgan fingerprint density at radius 2 is 2.44 bits per heavy atom. The molecule has 0 bridgehead atoms. The fourth-order valence-electron chi connectivity index (χ4n) is 2.08. The summed E-state index contributed by atoms with van der Waals surface area (Å²) in [5.41, 5.74) is 9.27. The highest BCUT2D eigenvalue weighted by molar-refractivity contribution is 7.99. The molecule has 1 fully saturated rings. The first kappa shape index (κ1) is 12.4. The Bertz CT molecular complexity index is 345. The minimum Gasteiger partial charge on any atom is -0.329 e. The number of nitrogens with zero attached hydrogens (tertiary/aromatic N) is 2. The molecule has 2 heterocycles. The van der Waals surface area contributed by atoms with Crippen LogP contribution in [0.25, 0.3) is 0 Å². The van der Waals surface area contributed by atoms with E-state index in [4.69, 9.17) is 5.73 Å². The minimum absolute atomic E-state index is 0.209. The molecule has 5 heteroatoms. The Morgan fingerprint density at radius 1 is 1.62 bits per heavy atom. The molecule has 3 nitrogen and oxygen atoms in total. The van der Waals surface area contributed by atoms with E-state index in [0.29, 0.717) is 0 Å². The highest BCUT2D eigenvalue weighted by atomic mass is 32.2. The van der Waals surface area contributed by atoms with Gasteiger partial charge in [0.2, 0.25) is 0 Å². The van der Waals surface area contributed by atoms with Gasteiger partial charge in [-0.25, -0.2) is 4.98 Å². The summed E-state index contributed by atoms with van der Waals surface area (Å²) in [5.74, 6) is 2.40. The van der Waals surface area contributed by atoms with Crippen LogP contribution in [0, 0.1) is 6.92 Å². The number of hydrogen-bond acceptors (Lipinski definition) is 5. The van der Waals surface area contributed by atoms with E-state index in [9.17, 15) is 0 Å². The summed E-state index contributed by atoms with van der Waals surface area (Å²) in [6, 6.07) is 0. The number of aromatic nitrogens is 1. The molecule has 1 aromatic rings. The molecule has 90 valence electrons. The largest absolute Gasteiger partial charge is 0.329 e. The molecule has 1 aromatic heterocycles. The Morgan fingerprint density at radius 3 is 2.94 bits per heavy atom. The lowest BCUT2D eigenvalue weighted by Gasteiger charge is -2.37. The van der Waals surface area contributed by atoms with Crippen LogP contribution in [-0.4, -0.2) is 40.5 Å². The molecule has 0 radical (unpaired) electrons. The minimum atomic E-state index is 0.209. The number of aryl methyl sites for hydroxylation is 1. The second-order valence-corrected chi connectivity index (χ2v) is 6.49. The van der Waals surface area contributed by atoms with Gasteiger partial charge in [-0.15, -0.1) is 11.3 Å². The fourth-order valence-corrected chi connectivity index (χ4v) is 4.44. The number of thiazole rings is 1. The van der Waals surface area contributed by atoms with Gasteiger partial charge in [0.05, 0.1) is 11.2 Å². The van der Waals surface area contributed by atoms with Crippen LogP contribution in [0.4, 0.5) is 0 Å². The van der Waals surface area contributed by atoms with Gasteiger partial charge < -0.3 is 5.73 Å². The third-order valence-electron chi connectivity index (χ3n) is 3.50. The summed E-state index contributed by atoms with van der Waals surface area (Å²) in [7, 11) is 2.19. The highest BCUT2D eigenvalue weighted by Gasteiger charge is 2.37. The smallest absolute Gasteiger partial charge is 0.0798 e. The van der Waals surface area contributed by atoms with Gasteiger partial charge in [-0.3, -0.25) is 4.90 Å². The van der Waals surface area contributed by atoms with Crippen LogP contribution < -0.4 is 5.73 Å². The van der Waals surface area contributed by atoms with Gasteiger partial charge in [0.15, 0.2) is 0 Å². The molecule has 1 atom stereocenters. The maximum atomic E-state index is 5.97. The Hall–Kier alpha value is -0.100. The number of thioether (sulfide) groups is 1. The predicted molar refractivity (Wildman–Crippen MR) is 72.0 cm³/mol. The van der Waals surface area contributed by atoms with Crippen molar-refractivity contribution in [3.8, 4) is 0 Å². The zero-order chi connectivity index (χ0) is 11.6. The van der Waals surface area contributed by atoms with Crippen molar-refractivity contribution in [2.24, 2.45) is 5.73 Å². The maximum Gasteiger partial charge on any atom is 0.0798 e. The zero-order valence-corrected chi connectivity index (χ0v) is 11.5. The number of rotatable bonds is 4. The Balaban J connectivity index is 2.07. The SMILES string of the molecule is Cc1ncsc1CN(C)C1(CN)CCSC1. The molecule has 16 heavy (non-hydrogen) atoms. The van der Waals surface area contributed by atoms with Gasteiger partial charge in [0.1, 0.15) is 0 Å².